The van der Waals surface area contributed by atoms with Crippen molar-refractivity contribution < 1.29 is 4.74 Å². The van der Waals surface area contributed by atoms with Crippen LogP contribution in [0.4, 0.5) is 5.95 Å². The zero-order valence-corrected chi connectivity index (χ0v) is 22.4. The molecule has 0 amide bonds. The maximum Gasteiger partial charge on any atom is 0.225 e. The van der Waals surface area contributed by atoms with Crippen molar-refractivity contribution in [2.24, 2.45) is 4.99 Å². The third-order valence-corrected chi connectivity index (χ3v) is 5.45. The largest absolute Gasteiger partial charge is 0.494 e. The first-order valence-electron chi connectivity index (χ1n) is 11.6. The van der Waals surface area contributed by atoms with Crippen molar-refractivity contribution in [3.8, 4) is 5.75 Å². The van der Waals surface area contributed by atoms with Crippen LogP contribution < -0.4 is 15.0 Å². The quantitative estimate of drug-likeness (QED) is 0.205. The van der Waals surface area contributed by atoms with Gasteiger partial charge in [0.05, 0.1) is 6.61 Å². The third-order valence-electron chi connectivity index (χ3n) is 5.45. The summed E-state index contributed by atoms with van der Waals surface area (Å²) in [6, 6.07) is 10.1. The van der Waals surface area contributed by atoms with E-state index in [4.69, 9.17) is 9.73 Å². The summed E-state index contributed by atoms with van der Waals surface area (Å²) >= 11 is 0. The molecule has 1 aliphatic rings. The standard InChI is InChI=1S/C24H37N7O.HI/c1-4-25-23(29(3)20-21-8-10-22(11-9-21)32-5-2)26-14-7-15-30-16-18-31(19-17-30)24-27-12-6-13-28-24;/h6,8-13H,4-5,7,14-20H2,1-3H3,(H,25,26);1H. The number of benzene rings is 1. The van der Waals surface area contributed by atoms with Crippen LogP contribution in [-0.4, -0.2) is 85.2 Å². The molecule has 8 nitrogen and oxygen atoms in total. The van der Waals surface area contributed by atoms with Gasteiger partial charge in [-0.25, -0.2) is 9.97 Å². The topological polar surface area (TPSA) is 69.1 Å². The Hall–Kier alpha value is -2.14. The minimum absolute atomic E-state index is 0. The number of nitrogens with one attached hydrogen (secondary N) is 1. The fourth-order valence-electron chi connectivity index (χ4n) is 3.78. The molecule has 1 aromatic carbocycles. The van der Waals surface area contributed by atoms with Gasteiger partial charge >= 0.3 is 0 Å². The normalized spacial score (nSPS) is 14.5. The van der Waals surface area contributed by atoms with Crippen LogP contribution in [0.2, 0.25) is 0 Å². The first kappa shape index (κ1) is 27.1. The van der Waals surface area contributed by atoms with Crippen LogP contribution in [0, 0.1) is 0 Å². The van der Waals surface area contributed by atoms with Gasteiger partial charge in [-0.05, 0) is 44.0 Å². The summed E-state index contributed by atoms with van der Waals surface area (Å²) in [5.41, 5.74) is 1.24. The van der Waals surface area contributed by atoms with Crippen molar-refractivity contribution >= 4 is 35.9 Å². The molecular weight excluding hydrogens is 529 g/mol. The predicted octanol–water partition coefficient (Wildman–Crippen LogP) is 3.10. The van der Waals surface area contributed by atoms with E-state index >= 15 is 0 Å². The van der Waals surface area contributed by atoms with Gasteiger partial charge in [-0.2, -0.15) is 0 Å². The number of halogens is 1. The van der Waals surface area contributed by atoms with Crippen LogP contribution in [0.15, 0.2) is 47.7 Å². The van der Waals surface area contributed by atoms with Crippen LogP contribution in [0.5, 0.6) is 5.75 Å². The fraction of sp³-hybridized carbons (Fsp3) is 0.542. The lowest BCUT2D eigenvalue weighted by Gasteiger charge is -2.34. The maximum absolute atomic E-state index is 5.53. The van der Waals surface area contributed by atoms with Crippen molar-refractivity contribution in [2.45, 2.75) is 26.8 Å². The van der Waals surface area contributed by atoms with Crippen LogP contribution in [0.3, 0.4) is 0 Å². The second-order valence-corrected chi connectivity index (χ2v) is 7.90. The summed E-state index contributed by atoms with van der Waals surface area (Å²) in [6.45, 7) is 12.4. The molecule has 1 aliphatic heterocycles. The first-order chi connectivity index (χ1) is 15.7. The summed E-state index contributed by atoms with van der Waals surface area (Å²) in [5.74, 6) is 2.70. The average molecular weight is 568 g/mol. The minimum Gasteiger partial charge on any atom is -0.494 e. The van der Waals surface area contributed by atoms with Crippen molar-refractivity contribution in [3.63, 3.8) is 0 Å². The fourth-order valence-corrected chi connectivity index (χ4v) is 3.78. The molecule has 0 unspecified atom stereocenters. The molecule has 0 aliphatic carbocycles. The molecule has 3 rings (SSSR count). The molecule has 0 saturated carbocycles. The van der Waals surface area contributed by atoms with E-state index in [0.29, 0.717) is 6.61 Å². The van der Waals surface area contributed by atoms with E-state index in [2.05, 4.69) is 56.1 Å². The number of rotatable bonds is 10. The highest BCUT2D eigenvalue weighted by Crippen LogP contribution is 2.13. The van der Waals surface area contributed by atoms with Gasteiger partial charge in [0.2, 0.25) is 5.95 Å². The molecule has 9 heteroatoms. The Labute approximate surface area is 215 Å². The van der Waals surface area contributed by atoms with Gasteiger partial charge in [-0.1, -0.05) is 12.1 Å². The van der Waals surface area contributed by atoms with E-state index in [0.717, 1.165) is 76.4 Å². The van der Waals surface area contributed by atoms with E-state index in [1.807, 2.05) is 37.5 Å². The Morgan fingerprint density at radius 3 is 2.42 bits per heavy atom. The summed E-state index contributed by atoms with van der Waals surface area (Å²) in [6.07, 6.45) is 4.66. The Morgan fingerprint density at radius 2 is 1.79 bits per heavy atom. The molecule has 33 heavy (non-hydrogen) atoms. The number of aliphatic imine (C=N–C) groups is 1. The number of hydrogen-bond acceptors (Lipinski definition) is 6. The maximum atomic E-state index is 5.53. The number of piperazine rings is 1. The zero-order valence-electron chi connectivity index (χ0n) is 20.1. The van der Waals surface area contributed by atoms with Gasteiger partial charge < -0.3 is 19.9 Å². The highest BCUT2D eigenvalue weighted by Gasteiger charge is 2.18. The Kier molecular flexibility index (Phi) is 12.2. The smallest absolute Gasteiger partial charge is 0.225 e. The van der Waals surface area contributed by atoms with Crippen molar-refractivity contribution in [1.29, 1.82) is 0 Å². The Morgan fingerprint density at radius 1 is 1.09 bits per heavy atom. The van der Waals surface area contributed by atoms with Gasteiger partial charge in [0, 0.05) is 71.8 Å². The SMILES string of the molecule is CCNC(=NCCCN1CCN(c2ncccn2)CC1)N(C)Cc1ccc(OCC)cc1.I. The van der Waals surface area contributed by atoms with Crippen molar-refractivity contribution in [2.75, 3.05) is 64.4 Å². The van der Waals surface area contributed by atoms with Crippen LogP contribution >= 0.6 is 24.0 Å². The summed E-state index contributed by atoms with van der Waals surface area (Å²) in [5, 5.41) is 3.41. The van der Waals surface area contributed by atoms with E-state index < -0.39 is 0 Å². The molecule has 1 N–H and O–H groups in total. The summed E-state index contributed by atoms with van der Waals surface area (Å²) in [4.78, 5) is 20.5. The molecule has 1 fully saturated rings. The van der Waals surface area contributed by atoms with Crippen LogP contribution in [0.25, 0.3) is 0 Å². The molecular formula is C24H38IN7O. The number of hydrogen-bond donors (Lipinski definition) is 1. The lowest BCUT2D eigenvalue weighted by Crippen LogP contribution is -2.47. The summed E-state index contributed by atoms with van der Waals surface area (Å²) in [7, 11) is 2.09. The molecule has 0 atom stereocenters. The van der Waals surface area contributed by atoms with Crippen molar-refractivity contribution in [1.82, 2.24) is 25.1 Å². The number of aromatic nitrogens is 2. The molecule has 1 saturated heterocycles. The Bertz CT molecular complexity index is 811. The second kappa shape index (κ2) is 14.9. The minimum atomic E-state index is 0. The Balaban J connectivity index is 0.00000385. The molecule has 1 aromatic heterocycles. The molecule has 2 aromatic rings. The first-order valence-corrected chi connectivity index (χ1v) is 11.6. The van der Waals surface area contributed by atoms with E-state index in [9.17, 15) is 0 Å². The lowest BCUT2D eigenvalue weighted by atomic mass is 10.2. The van der Waals surface area contributed by atoms with E-state index in [-0.39, 0.29) is 24.0 Å². The highest BCUT2D eigenvalue weighted by atomic mass is 127. The van der Waals surface area contributed by atoms with Gasteiger partial charge in [0.15, 0.2) is 5.96 Å². The lowest BCUT2D eigenvalue weighted by molar-refractivity contribution is 0.255. The van der Waals surface area contributed by atoms with Crippen molar-refractivity contribution in [3.05, 3.63) is 48.3 Å². The summed E-state index contributed by atoms with van der Waals surface area (Å²) < 4.78 is 5.53. The van der Waals surface area contributed by atoms with Gasteiger partial charge in [0.25, 0.3) is 0 Å². The number of ether oxygens (including phenoxy) is 1. The average Bonchev–Trinajstić information content (AvgIpc) is 2.83. The van der Waals surface area contributed by atoms with Gasteiger partial charge in [0.1, 0.15) is 5.75 Å². The van der Waals surface area contributed by atoms with E-state index in [1.165, 1.54) is 5.56 Å². The second-order valence-electron chi connectivity index (χ2n) is 7.90. The van der Waals surface area contributed by atoms with E-state index in [1.54, 1.807) is 0 Å². The number of anilines is 1. The molecule has 0 spiro atoms. The molecule has 0 bridgehead atoms. The number of guanidine groups is 1. The monoisotopic (exact) mass is 567 g/mol. The predicted molar refractivity (Wildman–Crippen MR) is 146 cm³/mol. The highest BCUT2D eigenvalue weighted by molar-refractivity contribution is 14.0. The van der Waals surface area contributed by atoms with Gasteiger partial charge in [-0.15, -0.1) is 24.0 Å². The zero-order chi connectivity index (χ0) is 22.6. The molecule has 2 heterocycles. The van der Waals surface area contributed by atoms with Gasteiger partial charge in [-0.3, -0.25) is 9.89 Å². The molecule has 0 radical (unpaired) electrons. The molecule has 182 valence electrons. The van der Waals surface area contributed by atoms with Crippen LogP contribution in [-0.2, 0) is 6.54 Å². The van der Waals surface area contributed by atoms with Crippen LogP contribution in [0.1, 0.15) is 25.8 Å². The third kappa shape index (κ3) is 8.96. The number of nitrogens with zero attached hydrogens (tertiary/aromatic N) is 6.